The predicted molar refractivity (Wildman–Crippen MR) is 60.4 cm³/mol. The molecule has 0 amide bonds. The molecule has 0 aromatic carbocycles. The van der Waals surface area contributed by atoms with Crippen molar-refractivity contribution in [3.05, 3.63) is 0 Å². The number of hydrogen-bond donors (Lipinski definition) is 1. The SMILES string of the molecule is CCCNC(C(C)C)C1OCCC1C. The highest BCUT2D eigenvalue weighted by atomic mass is 16.5. The van der Waals surface area contributed by atoms with Gasteiger partial charge in [-0.2, -0.15) is 0 Å². The van der Waals surface area contributed by atoms with Gasteiger partial charge in [-0.25, -0.2) is 0 Å². The van der Waals surface area contributed by atoms with Crippen LogP contribution in [0.25, 0.3) is 0 Å². The number of ether oxygens (including phenoxy) is 1. The van der Waals surface area contributed by atoms with Crippen LogP contribution in [-0.4, -0.2) is 25.3 Å². The van der Waals surface area contributed by atoms with Crippen molar-refractivity contribution in [3.8, 4) is 0 Å². The van der Waals surface area contributed by atoms with Gasteiger partial charge in [0.2, 0.25) is 0 Å². The van der Waals surface area contributed by atoms with Gasteiger partial charge in [-0.3, -0.25) is 0 Å². The van der Waals surface area contributed by atoms with Gasteiger partial charge < -0.3 is 10.1 Å². The molecule has 0 bridgehead atoms. The Bertz CT molecular complexity index is 158. The highest BCUT2D eigenvalue weighted by Gasteiger charge is 2.33. The van der Waals surface area contributed by atoms with Gasteiger partial charge in [0.05, 0.1) is 6.10 Å². The lowest BCUT2D eigenvalue weighted by atomic mass is 9.90. The Balaban J connectivity index is 2.48. The second kappa shape index (κ2) is 5.72. The van der Waals surface area contributed by atoms with Crippen LogP contribution in [0.15, 0.2) is 0 Å². The average Bonchev–Trinajstić information content (AvgIpc) is 2.52. The van der Waals surface area contributed by atoms with Crippen LogP contribution < -0.4 is 5.32 Å². The maximum absolute atomic E-state index is 5.82. The predicted octanol–water partition coefficient (Wildman–Crippen LogP) is 2.44. The van der Waals surface area contributed by atoms with Crippen molar-refractivity contribution < 1.29 is 4.74 Å². The summed E-state index contributed by atoms with van der Waals surface area (Å²) < 4.78 is 5.82. The molecule has 0 aromatic rings. The van der Waals surface area contributed by atoms with Crippen molar-refractivity contribution in [2.45, 2.75) is 52.7 Å². The molecule has 1 aliphatic heterocycles. The highest BCUT2D eigenvalue weighted by molar-refractivity contribution is 4.86. The molecule has 0 radical (unpaired) electrons. The van der Waals surface area contributed by atoms with Gasteiger partial charge >= 0.3 is 0 Å². The van der Waals surface area contributed by atoms with E-state index in [1.54, 1.807) is 0 Å². The molecule has 0 spiro atoms. The lowest BCUT2D eigenvalue weighted by Gasteiger charge is -2.30. The standard InChI is InChI=1S/C12H25NO/c1-5-7-13-11(9(2)3)12-10(4)6-8-14-12/h9-13H,5-8H2,1-4H3. The molecule has 3 unspecified atom stereocenters. The molecular formula is C12H25NO. The zero-order valence-corrected chi connectivity index (χ0v) is 10.0. The van der Waals surface area contributed by atoms with Crippen LogP contribution in [0.2, 0.25) is 0 Å². The normalized spacial score (nSPS) is 29.8. The Labute approximate surface area is 88.4 Å². The quantitative estimate of drug-likeness (QED) is 0.734. The van der Waals surface area contributed by atoms with Crippen molar-refractivity contribution in [1.82, 2.24) is 5.32 Å². The zero-order valence-electron chi connectivity index (χ0n) is 10.0. The first kappa shape index (κ1) is 12.0. The second-order valence-electron chi connectivity index (χ2n) is 4.83. The van der Waals surface area contributed by atoms with Crippen LogP contribution in [0.1, 0.15) is 40.5 Å². The van der Waals surface area contributed by atoms with Crippen LogP contribution >= 0.6 is 0 Å². The van der Waals surface area contributed by atoms with Gasteiger partial charge in [-0.05, 0) is 31.2 Å². The molecule has 2 heteroatoms. The maximum atomic E-state index is 5.82. The van der Waals surface area contributed by atoms with Gasteiger partial charge in [0.1, 0.15) is 0 Å². The third-order valence-corrected chi connectivity index (χ3v) is 3.15. The molecule has 1 N–H and O–H groups in total. The molecule has 1 rings (SSSR count). The highest BCUT2D eigenvalue weighted by Crippen LogP contribution is 2.26. The van der Waals surface area contributed by atoms with Gasteiger partial charge in [0.15, 0.2) is 0 Å². The molecule has 1 aliphatic rings. The van der Waals surface area contributed by atoms with E-state index in [2.05, 4.69) is 33.0 Å². The first-order chi connectivity index (χ1) is 6.66. The van der Waals surface area contributed by atoms with Crippen LogP contribution in [0.5, 0.6) is 0 Å². The van der Waals surface area contributed by atoms with Crippen LogP contribution in [-0.2, 0) is 4.74 Å². The lowest BCUT2D eigenvalue weighted by molar-refractivity contribution is 0.0462. The van der Waals surface area contributed by atoms with Crippen LogP contribution in [0.3, 0.4) is 0 Å². The Kier molecular flexibility index (Phi) is 4.90. The van der Waals surface area contributed by atoms with Gasteiger partial charge in [0, 0.05) is 12.6 Å². The van der Waals surface area contributed by atoms with E-state index >= 15 is 0 Å². The molecule has 1 saturated heterocycles. The lowest BCUT2D eigenvalue weighted by Crippen LogP contribution is -2.46. The average molecular weight is 199 g/mol. The summed E-state index contributed by atoms with van der Waals surface area (Å²) in [5.74, 6) is 1.37. The molecule has 84 valence electrons. The van der Waals surface area contributed by atoms with E-state index in [1.807, 2.05) is 0 Å². The molecule has 14 heavy (non-hydrogen) atoms. The van der Waals surface area contributed by atoms with Crippen molar-refractivity contribution in [2.24, 2.45) is 11.8 Å². The summed E-state index contributed by atoms with van der Waals surface area (Å²) in [7, 11) is 0. The van der Waals surface area contributed by atoms with Crippen molar-refractivity contribution in [2.75, 3.05) is 13.2 Å². The van der Waals surface area contributed by atoms with E-state index in [1.165, 1.54) is 12.8 Å². The van der Waals surface area contributed by atoms with E-state index < -0.39 is 0 Å². The van der Waals surface area contributed by atoms with Crippen molar-refractivity contribution in [1.29, 1.82) is 0 Å². The molecule has 3 atom stereocenters. The Morgan fingerprint density at radius 1 is 1.43 bits per heavy atom. The fraction of sp³-hybridized carbons (Fsp3) is 1.00. The maximum Gasteiger partial charge on any atom is 0.0756 e. The summed E-state index contributed by atoms with van der Waals surface area (Å²) in [5.41, 5.74) is 0. The minimum atomic E-state index is 0.432. The first-order valence-electron chi connectivity index (χ1n) is 6.01. The second-order valence-corrected chi connectivity index (χ2v) is 4.83. The third-order valence-electron chi connectivity index (χ3n) is 3.15. The summed E-state index contributed by atoms with van der Waals surface area (Å²) in [5, 5.41) is 3.62. The molecular weight excluding hydrogens is 174 g/mol. The fourth-order valence-corrected chi connectivity index (χ4v) is 2.22. The largest absolute Gasteiger partial charge is 0.376 e. The number of rotatable bonds is 5. The van der Waals surface area contributed by atoms with E-state index in [0.29, 0.717) is 24.0 Å². The minimum Gasteiger partial charge on any atom is -0.376 e. The zero-order chi connectivity index (χ0) is 10.6. The van der Waals surface area contributed by atoms with Gasteiger partial charge in [-0.15, -0.1) is 0 Å². The summed E-state index contributed by atoms with van der Waals surface area (Å²) in [6, 6.07) is 0.535. The van der Waals surface area contributed by atoms with Crippen molar-refractivity contribution >= 4 is 0 Å². The number of nitrogens with one attached hydrogen (secondary N) is 1. The smallest absolute Gasteiger partial charge is 0.0756 e. The van der Waals surface area contributed by atoms with E-state index in [-0.39, 0.29) is 0 Å². The van der Waals surface area contributed by atoms with Crippen molar-refractivity contribution in [3.63, 3.8) is 0 Å². The Hall–Kier alpha value is -0.0800. The Morgan fingerprint density at radius 3 is 2.57 bits per heavy atom. The molecule has 0 saturated carbocycles. The van der Waals surface area contributed by atoms with E-state index in [4.69, 9.17) is 4.74 Å². The Morgan fingerprint density at radius 2 is 2.14 bits per heavy atom. The first-order valence-corrected chi connectivity index (χ1v) is 6.01. The molecule has 2 nitrogen and oxygen atoms in total. The monoisotopic (exact) mass is 199 g/mol. The molecule has 0 aromatic heterocycles. The topological polar surface area (TPSA) is 21.3 Å². The summed E-state index contributed by atoms with van der Waals surface area (Å²) >= 11 is 0. The molecule has 0 aliphatic carbocycles. The molecule has 1 heterocycles. The number of hydrogen-bond acceptors (Lipinski definition) is 2. The summed E-state index contributed by atoms with van der Waals surface area (Å²) in [6.45, 7) is 11.1. The fourth-order valence-electron chi connectivity index (χ4n) is 2.22. The summed E-state index contributed by atoms with van der Waals surface area (Å²) in [4.78, 5) is 0. The minimum absolute atomic E-state index is 0.432. The third kappa shape index (κ3) is 2.96. The van der Waals surface area contributed by atoms with Gasteiger partial charge in [-0.1, -0.05) is 27.7 Å². The van der Waals surface area contributed by atoms with E-state index in [9.17, 15) is 0 Å². The van der Waals surface area contributed by atoms with Crippen LogP contribution in [0, 0.1) is 11.8 Å². The summed E-state index contributed by atoms with van der Waals surface area (Å²) in [6.07, 6.45) is 2.85. The van der Waals surface area contributed by atoms with Crippen LogP contribution in [0.4, 0.5) is 0 Å². The molecule has 1 fully saturated rings. The van der Waals surface area contributed by atoms with Gasteiger partial charge in [0.25, 0.3) is 0 Å². The van der Waals surface area contributed by atoms with E-state index in [0.717, 1.165) is 13.2 Å².